The number of rotatable bonds is 3. The van der Waals surface area contributed by atoms with Crippen LogP contribution in [0.2, 0.25) is 0 Å². The van der Waals surface area contributed by atoms with Gasteiger partial charge in [0, 0.05) is 17.8 Å². The maximum Gasteiger partial charge on any atom is 0.159 e. The van der Waals surface area contributed by atoms with Gasteiger partial charge in [0.25, 0.3) is 0 Å². The fraction of sp³-hybridized carbons (Fsp3) is 1.00. The Hall–Kier alpha value is -0.200. The summed E-state index contributed by atoms with van der Waals surface area (Å²) < 4.78 is 0. The topological polar surface area (TPSA) is 101 Å². The molecule has 4 rings (SSSR count). The first-order chi connectivity index (χ1) is 18.0. The highest BCUT2D eigenvalue weighted by molar-refractivity contribution is 5.22. The maximum atomic E-state index is 12.7. The summed E-state index contributed by atoms with van der Waals surface area (Å²) in [5.74, 6) is -0.109. The summed E-state index contributed by atoms with van der Waals surface area (Å²) >= 11 is 0. The van der Waals surface area contributed by atoms with Crippen LogP contribution in [0.15, 0.2) is 0 Å². The van der Waals surface area contributed by atoms with Crippen LogP contribution >= 0.6 is 0 Å². The van der Waals surface area contributed by atoms with E-state index in [1.54, 1.807) is 0 Å². The molecule has 4 fully saturated rings. The molecule has 0 aromatic rings. The molecule has 0 aromatic carbocycles. The van der Waals surface area contributed by atoms with Crippen molar-refractivity contribution in [1.29, 1.82) is 0 Å². The van der Waals surface area contributed by atoms with E-state index in [9.17, 15) is 25.5 Å². The second-order valence-electron chi connectivity index (χ2n) is 17.7. The highest BCUT2D eigenvalue weighted by Crippen LogP contribution is 2.76. The molecular weight excluding hydrogens is 500 g/mol. The molecule has 4 aliphatic rings. The van der Waals surface area contributed by atoms with E-state index < -0.39 is 29.5 Å². The summed E-state index contributed by atoms with van der Waals surface area (Å²) in [5.41, 5.74) is -0.758. The minimum Gasteiger partial charge on any atom is -0.393 e. The lowest BCUT2D eigenvalue weighted by atomic mass is 9.29. The molecule has 0 aromatic heterocycles. The predicted molar refractivity (Wildman–Crippen MR) is 161 cm³/mol. The lowest BCUT2D eigenvalue weighted by Crippen LogP contribution is -2.75. The van der Waals surface area contributed by atoms with Crippen molar-refractivity contribution in [3.8, 4) is 0 Å². The minimum atomic E-state index is -1.74. The number of aliphatic hydroxyl groups is 5. The fourth-order valence-corrected chi connectivity index (χ4v) is 12.9. The molecule has 5 N–H and O–H groups in total. The maximum absolute atomic E-state index is 12.7. The molecule has 4 aliphatic carbocycles. The standard InChI is InChI=1S/C35H64O5/c1-17-15-32(10)22(6)34(12)19(3)27-23(16-33(11,39)40)14-24(31(7,8)9)18(2)26(27)29(37)28(34)20(4)35(32,13)30(38)25(17)21(5)36/h17-30,36-40H,14-16H2,1-13H3. The SMILES string of the molecule is CC(O)C1C(C)CC2(C)C(C)C3(C)C(C)C4C(CC(C)(O)O)CC(C(C)(C)C)C(C)C4C(O)C3C(C)C2(C)C1O. The second kappa shape index (κ2) is 9.91. The van der Waals surface area contributed by atoms with Gasteiger partial charge < -0.3 is 25.5 Å². The van der Waals surface area contributed by atoms with E-state index in [1.807, 2.05) is 6.92 Å². The van der Waals surface area contributed by atoms with Gasteiger partial charge in [0.2, 0.25) is 0 Å². The Balaban J connectivity index is 1.89. The van der Waals surface area contributed by atoms with Crippen LogP contribution in [-0.2, 0) is 0 Å². The Kier molecular flexibility index (Phi) is 8.10. The van der Waals surface area contributed by atoms with Gasteiger partial charge in [-0.15, -0.1) is 0 Å². The third kappa shape index (κ3) is 4.32. The quantitative estimate of drug-likeness (QED) is 0.273. The molecule has 0 aliphatic heterocycles. The molecule has 5 nitrogen and oxygen atoms in total. The monoisotopic (exact) mass is 564 g/mol. The van der Waals surface area contributed by atoms with Gasteiger partial charge in [0.15, 0.2) is 5.79 Å². The Morgan fingerprint density at radius 3 is 1.90 bits per heavy atom. The van der Waals surface area contributed by atoms with Crippen LogP contribution < -0.4 is 0 Å². The van der Waals surface area contributed by atoms with E-state index in [0.29, 0.717) is 18.3 Å². The molecule has 4 saturated carbocycles. The average molecular weight is 565 g/mol. The Morgan fingerprint density at radius 1 is 0.875 bits per heavy atom. The van der Waals surface area contributed by atoms with E-state index in [-0.39, 0.29) is 69.5 Å². The molecule has 0 radical (unpaired) electrons. The smallest absolute Gasteiger partial charge is 0.159 e. The van der Waals surface area contributed by atoms with E-state index in [1.165, 1.54) is 6.92 Å². The van der Waals surface area contributed by atoms with Gasteiger partial charge in [-0.3, -0.25) is 0 Å². The minimum absolute atomic E-state index is 0.00554. The van der Waals surface area contributed by atoms with Crippen molar-refractivity contribution in [2.45, 2.75) is 133 Å². The van der Waals surface area contributed by atoms with Crippen LogP contribution in [0.1, 0.15) is 109 Å². The number of hydrogen-bond donors (Lipinski definition) is 5. The summed E-state index contributed by atoms with van der Waals surface area (Å²) in [4.78, 5) is 0. The van der Waals surface area contributed by atoms with Crippen molar-refractivity contribution in [2.75, 3.05) is 0 Å². The fourth-order valence-electron chi connectivity index (χ4n) is 12.9. The van der Waals surface area contributed by atoms with E-state index in [4.69, 9.17) is 0 Å². The Morgan fingerprint density at radius 2 is 1.43 bits per heavy atom. The molecule has 40 heavy (non-hydrogen) atoms. The number of fused-ring (bicyclic) bond motifs is 3. The summed E-state index contributed by atoms with van der Waals surface area (Å²) in [7, 11) is 0. The van der Waals surface area contributed by atoms with Crippen molar-refractivity contribution in [1.82, 2.24) is 0 Å². The average Bonchev–Trinajstić information content (AvgIpc) is 2.78. The summed E-state index contributed by atoms with van der Waals surface area (Å²) in [6.45, 7) is 28.9. The van der Waals surface area contributed by atoms with Crippen LogP contribution in [-0.4, -0.2) is 49.6 Å². The van der Waals surface area contributed by atoms with E-state index in [2.05, 4.69) is 76.2 Å². The molecule has 17 atom stereocenters. The zero-order valence-corrected chi connectivity index (χ0v) is 27.9. The van der Waals surface area contributed by atoms with Gasteiger partial charge in [-0.25, -0.2) is 0 Å². The lowest BCUT2D eigenvalue weighted by Gasteiger charge is -2.76. The zero-order chi connectivity index (χ0) is 30.7. The first-order valence-electron chi connectivity index (χ1n) is 16.5. The normalized spacial score (nSPS) is 56.1. The zero-order valence-electron chi connectivity index (χ0n) is 27.9. The molecular formula is C35H64O5. The molecule has 0 bridgehead atoms. The number of aliphatic hydroxyl groups excluding tert-OH is 3. The van der Waals surface area contributed by atoms with Crippen molar-refractivity contribution in [3.63, 3.8) is 0 Å². The van der Waals surface area contributed by atoms with Gasteiger partial charge in [0.1, 0.15) is 0 Å². The van der Waals surface area contributed by atoms with Crippen molar-refractivity contribution in [3.05, 3.63) is 0 Å². The predicted octanol–water partition coefficient (Wildman–Crippen LogP) is 5.96. The van der Waals surface area contributed by atoms with Crippen LogP contribution in [0, 0.1) is 86.8 Å². The summed E-state index contributed by atoms with van der Waals surface area (Å²) in [6.07, 6.45) is 0.457. The van der Waals surface area contributed by atoms with Crippen molar-refractivity contribution in [2.24, 2.45) is 86.8 Å². The lowest BCUT2D eigenvalue weighted by molar-refractivity contribution is -0.321. The van der Waals surface area contributed by atoms with Crippen LogP contribution in [0.4, 0.5) is 0 Å². The Bertz CT molecular complexity index is 935. The van der Waals surface area contributed by atoms with Gasteiger partial charge >= 0.3 is 0 Å². The first kappa shape index (κ1) is 32.7. The van der Waals surface area contributed by atoms with Crippen LogP contribution in [0.3, 0.4) is 0 Å². The molecule has 17 unspecified atom stereocenters. The number of hydrogen-bond acceptors (Lipinski definition) is 5. The largest absolute Gasteiger partial charge is 0.393 e. The molecule has 0 amide bonds. The third-order valence-electron chi connectivity index (χ3n) is 15.1. The van der Waals surface area contributed by atoms with Crippen molar-refractivity contribution < 1.29 is 25.5 Å². The van der Waals surface area contributed by atoms with Gasteiger partial charge in [0.05, 0.1) is 18.3 Å². The molecule has 0 saturated heterocycles. The highest BCUT2D eigenvalue weighted by atomic mass is 16.5. The molecule has 234 valence electrons. The van der Waals surface area contributed by atoms with E-state index in [0.717, 1.165) is 12.8 Å². The third-order valence-corrected chi connectivity index (χ3v) is 15.1. The highest BCUT2D eigenvalue weighted by Gasteiger charge is 2.74. The molecule has 0 heterocycles. The van der Waals surface area contributed by atoms with Crippen LogP contribution in [0.25, 0.3) is 0 Å². The van der Waals surface area contributed by atoms with Crippen molar-refractivity contribution >= 4 is 0 Å². The summed E-state index contributed by atoms with van der Waals surface area (Å²) in [5, 5.41) is 57.0. The second-order valence-corrected chi connectivity index (χ2v) is 17.7. The first-order valence-corrected chi connectivity index (χ1v) is 16.5. The van der Waals surface area contributed by atoms with Crippen LogP contribution in [0.5, 0.6) is 0 Å². The van der Waals surface area contributed by atoms with Gasteiger partial charge in [-0.2, -0.15) is 0 Å². The van der Waals surface area contributed by atoms with E-state index >= 15 is 0 Å². The molecule has 0 spiro atoms. The van der Waals surface area contributed by atoms with Gasteiger partial charge in [-0.1, -0.05) is 76.2 Å². The molecule has 5 heteroatoms. The Labute approximate surface area is 245 Å². The van der Waals surface area contributed by atoms with Gasteiger partial charge in [-0.05, 0) is 102 Å². The summed E-state index contributed by atoms with van der Waals surface area (Å²) in [6, 6.07) is 0.